The van der Waals surface area contributed by atoms with Crippen molar-refractivity contribution in [2.75, 3.05) is 11.9 Å². The second-order valence-electron chi connectivity index (χ2n) is 4.25. The molecule has 0 radical (unpaired) electrons. The first-order valence-corrected chi connectivity index (χ1v) is 6.14. The summed E-state index contributed by atoms with van der Waals surface area (Å²) in [6, 6.07) is 5.28. The number of hydrogen-bond donors (Lipinski definition) is 1. The molecular formula is C13H20N2O2. The van der Waals surface area contributed by atoms with Gasteiger partial charge in [0.2, 0.25) is 0 Å². The molecule has 17 heavy (non-hydrogen) atoms. The van der Waals surface area contributed by atoms with E-state index >= 15 is 0 Å². The highest BCUT2D eigenvalue weighted by Gasteiger charge is 2.10. The molecule has 1 rings (SSSR count). The topological polar surface area (TPSA) is 55.2 Å². The highest BCUT2D eigenvalue weighted by molar-refractivity contribution is 5.54. The van der Waals surface area contributed by atoms with Crippen molar-refractivity contribution < 1.29 is 4.92 Å². The van der Waals surface area contributed by atoms with E-state index in [1.165, 1.54) is 19.3 Å². The fraction of sp³-hybridized carbons (Fsp3) is 0.538. The number of anilines is 1. The summed E-state index contributed by atoms with van der Waals surface area (Å²) in [7, 11) is 0. The molecule has 0 saturated carbocycles. The van der Waals surface area contributed by atoms with Gasteiger partial charge in [-0.25, -0.2) is 0 Å². The Bertz CT molecular complexity index is 378. The van der Waals surface area contributed by atoms with Gasteiger partial charge in [0, 0.05) is 23.9 Å². The number of rotatable bonds is 7. The van der Waals surface area contributed by atoms with Crippen LogP contribution in [-0.4, -0.2) is 11.5 Å². The van der Waals surface area contributed by atoms with Crippen LogP contribution in [0.5, 0.6) is 0 Å². The van der Waals surface area contributed by atoms with Gasteiger partial charge in [-0.1, -0.05) is 32.3 Å². The van der Waals surface area contributed by atoms with Crippen LogP contribution in [0.2, 0.25) is 0 Å². The maximum absolute atomic E-state index is 10.8. The summed E-state index contributed by atoms with van der Waals surface area (Å²) in [6.45, 7) is 4.81. The summed E-state index contributed by atoms with van der Waals surface area (Å²) in [5.41, 5.74) is 1.72. The minimum atomic E-state index is -0.336. The van der Waals surface area contributed by atoms with Crippen LogP contribution in [0.15, 0.2) is 18.2 Å². The van der Waals surface area contributed by atoms with E-state index in [0.29, 0.717) is 5.56 Å². The van der Waals surface area contributed by atoms with E-state index in [0.717, 1.165) is 18.7 Å². The molecule has 0 aliphatic heterocycles. The number of nitro groups is 1. The third kappa shape index (κ3) is 4.43. The first-order chi connectivity index (χ1) is 8.15. The summed E-state index contributed by atoms with van der Waals surface area (Å²) >= 11 is 0. The van der Waals surface area contributed by atoms with Crippen LogP contribution >= 0.6 is 0 Å². The normalized spacial score (nSPS) is 10.2. The van der Waals surface area contributed by atoms with E-state index in [1.54, 1.807) is 19.1 Å². The van der Waals surface area contributed by atoms with Crippen molar-refractivity contribution in [2.45, 2.75) is 39.5 Å². The maximum atomic E-state index is 10.8. The summed E-state index contributed by atoms with van der Waals surface area (Å²) in [6.07, 6.45) is 4.78. The summed E-state index contributed by atoms with van der Waals surface area (Å²) in [5, 5.41) is 14.0. The number of nitrogens with zero attached hydrogens (tertiary/aromatic N) is 1. The molecule has 0 aromatic heterocycles. The molecule has 0 unspecified atom stereocenters. The van der Waals surface area contributed by atoms with Gasteiger partial charge in [-0.15, -0.1) is 0 Å². The van der Waals surface area contributed by atoms with Gasteiger partial charge in [0.05, 0.1) is 4.92 Å². The molecular weight excluding hydrogens is 216 g/mol. The third-order valence-electron chi connectivity index (χ3n) is 2.77. The lowest BCUT2D eigenvalue weighted by Crippen LogP contribution is -2.02. The second-order valence-corrected chi connectivity index (χ2v) is 4.25. The van der Waals surface area contributed by atoms with Crippen molar-refractivity contribution in [3.8, 4) is 0 Å². The molecule has 0 aliphatic rings. The minimum absolute atomic E-state index is 0.184. The quantitative estimate of drug-likeness (QED) is 0.444. The summed E-state index contributed by atoms with van der Waals surface area (Å²) in [5.74, 6) is 0. The molecule has 0 aliphatic carbocycles. The Hall–Kier alpha value is -1.58. The molecule has 1 N–H and O–H groups in total. The Morgan fingerprint density at radius 3 is 2.71 bits per heavy atom. The van der Waals surface area contributed by atoms with E-state index in [9.17, 15) is 10.1 Å². The van der Waals surface area contributed by atoms with E-state index < -0.39 is 0 Å². The molecule has 0 saturated heterocycles. The van der Waals surface area contributed by atoms with Crippen LogP contribution in [0.3, 0.4) is 0 Å². The molecule has 0 fully saturated rings. The molecule has 0 heterocycles. The van der Waals surface area contributed by atoms with Crippen LogP contribution in [0, 0.1) is 17.0 Å². The summed E-state index contributed by atoms with van der Waals surface area (Å²) in [4.78, 5) is 10.4. The number of nitrogens with one attached hydrogen (secondary N) is 1. The third-order valence-corrected chi connectivity index (χ3v) is 2.77. The molecule has 4 heteroatoms. The monoisotopic (exact) mass is 236 g/mol. The fourth-order valence-corrected chi connectivity index (χ4v) is 1.70. The molecule has 94 valence electrons. The van der Waals surface area contributed by atoms with E-state index in [4.69, 9.17) is 0 Å². The number of hydrogen-bond acceptors (Lipinski definition) is 3. The van der Waals surface area contributed by atoms with Crippen LogP contribution in [0.25, 0.3) is 0 Å². The molecule has 1 aromatic carbocycles. The van der Waals surface area contributed by atoms with Crippen molar-refractivity contribution >= 4 is 11.4 Å². The van der Waals surface area contributed by atoms with Gasteiger partial charge in [0.15, 0.2) is 0 Å². The SMILES string of the molecule is CCCCCCNc1ccc(C)c([N+](=O)[O-])c1. The Labute approximate surface area is 102 Å². The molecule has 4 nitrogen and oxygen atoms in total. The van der Waals surface area contributed by atoms with Crippen LogP contribution in [-0.2, 0) is 0 Å². The fourth-order valence-electron chi connectivity index (χ4n) is 1.70. The lowest BCUT2D eigenvalue weighted by atomic mass is 10.1. The summed E-state index contributed by atoms with van der Waals surface area (Å²) < 4.78 is 0. The molecule has 0 amide bonds. The second kappa shape index (κ2) is 6.89. The van der Waals surface area contributed by atoms with Crippen LogP contribution in [0.4, 0.5) is 11.4 Å². The Morgan fingerprint density at radius 1 is 1.29 bits per heavy atom. The van der Waals surface area contributed by atoms with E-state index in [2.05, 4.69) is 12.2 Å². The minimum Gasteiger partial charge on any atom is -0.385 e. The lowest BCUT2D eigenvalue weighted by Gasteiger charge is -2.06. The van der Waals surface area contributed by atoms with Crippen molar-refractivity contribution in [1.29, 1.82) is 0 Å². The average Bonchev–Trinajstić information content (AvgIpc) is 2.30. The van der Waals surface area contributed by atoms with Gasteiger partial charge in [-0.05, 0) is 19.4 Å². The predicted octanol–water partition coefficient (Wildman–Crippen LogP) is 3.90. The van der Waals surface area contributed by atoms with Gasteiger partial charge in [0.25, 0.3) is 5.69 Å². The highest BCUT2D eigenvalue weighted by Crippen LogP contribution is 2.22. The molecule has 0 spiro atoms. The Balaban J connectivity index is 2.49. The smallest absolute Gasteiger partial charge is 0.274 e. The average molecular weight is 236 g/mol. The standard InChI is InChI=1S/C13H20N2O2/c1-3-4-5-6-9-14-12-8-7-11(2)13(10-12)15(16)17/h7-8,10,14H,3-6,9H2,1-2H3. The van der Waals surface area contributed by atoms with Crippen molar-refractivity contribution in [3.63, 3.8) is 0 Å². The largest absolute Gasteiger partial charge is 0.385 e. The van der Waals surface area contributed by atoms with Gasteiger partial charge < -0.3 is 5.32 Å². The van der Waals surface area contributed by atoms with Crippen molar-refractivity contribution in [2.24, 2.45) is 0 Å². The van der Waals surface area contributed by atoms with Crippen LogP contribution < -0.4 is 5.32 Å². The Morgan fingerprint density at radius 2 is 2.06 bits per heavy atom. The van der Waals surface area contributed by atoms with Gasteiger partial charge in [-0.2, -0.15) is 0 Å². The number of unbranched alkanes of at least 4 members (excludes halogenated alkanes) is 3. The van der Waals surface area contributed by atoms with Crippen molar-refractivity contribution in [1.82, 2.24) is 0 Å². The predicted molar refractivity (Wildman–Crippen MR) is 70.5 cm³/mol. The zero-order valence-corrected chi connectivity index (χ0v) is 10.5. The highest BCUT2D eigenvalue weighted by atomic mass is 16.6. The Kier molecular flexibility index (Phi) is 5.46. The zero-order chi connectivity index (χ0) is 12.7. The number of aryl methyl sites for hydroxylation is 1. The van der Waals surface area contributed by atoms with Crippen molar-refractivity contribution in [3.05, 3.63) is 33.9 Å². The first-order valence-electron chi connectivity index (χ1n) is 6.14. The van der Waals surface area contributed by atoms with Crippen LogP contribution in [0.1, 0.15) is 38.2 Å². The van der Waals surface area contributed by atoms with E-state index in [1.807, 2.05) is 6.07 Å². The lowest BCUT2D eigenvalue weighted by molar-refractivity contribution is -0.385. The zero-order valence-electron chi connectivity index (χ0n) is 10.5. The molecule has 0 bridgehead atoms. The van der Waals surface area contributed by atoms with E-state index in [-0.39, 0.29) is 10.6 Å². The van der Waals surface area contributed by atoms with Gasteiger partial charge in [0.1, 0.15) is 0 Å². The molecule has 1 aromatic rings. The van der Waals surface area contributed by atoms with Gasteiger partial charge in [-0.3, -0.25) is 10.1 Å². The van der Waals surface area contributed by atoms with Gasteiger partial charge >= 0.3 is 0 Å². The first kappa shape index (κ1) is 13.5. The molecule has 0 atom stereocenters. The number of nitro benzene ring substituents is 1. The maximum Gasteiger partial charge on any atom is 0.274 e. The number of benzene rings is 1.